The van der Waals surface area contributed by atoms with Crippen molar-refractivity contribution in [2.45, 2.75) is 37.6 Å². The van der Waals surface area contributed by atoms with Crippen molar-refractivity contribution < 1.29 is 14.7 Å². The average Bonchev–Trinajstić information content (AvgIpc) is 2.89. The molecular formula is C10H14N4O3S. The van der Waals surface area contributed by atoms with Crippen LogP contribution in [-0.2, 0) is 4.79 Å². The molecule has 0 aromatic carbocycles. The van der Waals surface area contributed by atoms with Gasteiger partial charge in [-0.25, -0.2) is 4.79 Å². The maximum Gasteiger partial charge on any atom is 0.321 e. The Kier molecular flexibility index (Phi) is 3.75. The summed E-state index contributed by atoms with van der Waals surface area (Å²) < 4.78 is 0. The summed E-state index contributed by atoms with van der Waals surface area (Å²) in [6.45, 7) is 0. The molecule has 98 valence electrons. The fraction of sp³-hybridized carbons (Fsp3) is 0.600. The minimum absolute atomic E-state index is 0.0451. The first-order chi connectivity index (χ1) is 8.60. The van der Waals surface area contributed by atoms with Crippen molar-refractivity contribution in [1.82, 2.24) is 15.5 Å². The zero-order valence-corrected chi connectivity index (χ0v) is 10.5. The number of nitrogens with zero attached hydrogens (tertiary/aromatic N) is 2. The lowest BCUT2D eigenvalue weighted by Crippen LogP contribution is -2.49. The van der Waals surface area contributed by atoms with Crippen LogP contribution in [0.4, 0.5) is 9.93 Å². The number of carbonyl (C=O) groups excluding carboxylic acids is 1. The van der Waals surface area contributed by atoms with Gasteiger partial charge in [-0.2, -0.15) is 0 Å². The van der Waals surface area contributed by atoms with Gasteiger partial charge >= 0.3 is 12.0 Å². The highest BCUT2D eigenvalue weighted by Crippen LogP contribution is 2.32. The minimum Gasteiger partial charge on any atom is -0.481 e. The van der Waals surface area contributed by atoms with E-state index < -0.39 is 17.5 Å². The van der Waals surface area contributed by atoms with Gasteiger partial charge in [0.1, 0.15) is 5.51 Å². The molecule has 0 radical (unpaired) electrons. The summed E-state index contributed by atoms with van der Waals surface area (Å²) in [5.41, 5.74) is 0.888. The van der Waals surface area contributed by atoms with Crippen LogP contribution in [-0.4, -0.2) is 32.8 Å². The Bertz CT molecular complexity index is 428. The van der Waals surface area contributed by atoms with Crippen molar-refractivity contribution in [2.24, 2.45) is 0 Å². The van der Waals surface area contributed by atoms with Gasteiger partial charge in [0.05, 0.1) is 12.0 Å². The Morgan fingerprint density at radius 1 is 1.44 bits per heavy atom. The molecule has 0 saturated heterocycles. The highest BCUT2D eigenvalue weighted by atomic mass is 32.1. The Balaban J connectivity index is 1.96. The highest BCUT2D eigenvalue weighted by molar-refractivity contribution is 7.13. The van der Waals surface area contributed by atoms with Crippen molar-refractivity contribution in [3.05, 3.63) is 5.51 Å². The Hall–Kier alpha value is -1.70. The Morgan fingerprint density at radius 2 is 2.17 bits per heavy atom. The molecule has 1 aliphatic carbocycles. The normalized spacial score (nSPS) is 17.3. The number of carbonyl (C=O) groups is 2. The summed E-state index contributed by atoms with van der Waals surface area (Å²) in [5, 5.41) is 21.9. The number of hydrogen-bond acceptors (Lipinski definition) is 5. The molecule has 3 N–H and O–H groups in total. The molecule has 18 heavy (non-hydrogen) atoms. The van der Waals surface area contributed by atoms with Gasteiger partial charge in [0, 0.05) is 0 Å². The van der Waals surface area contributed by atoms with Gasteiger partial charge in [0.2, 0.25) is 5.13 Å². The molecular weight excluding hydrogens is 256 g/mol. The van der Waals surface area contributed by atoms with E-state index in [0.29, 0.717) is 18.0 Å². The maximum atomic E-state index is 11.8. The Morgan fingerprint density at radius 3 is 2.72 bits per heavy atom. The van der Waals surface area contributed by atoms with E-state index in [1.807, 2.05) is 0 Å². The number of nitrogens with one attached hydrogen (secondary N) is 2. The smallest absolute Gasteiger partial charge is 0.321 e. The van der Waals surface area contributed by atoms with Gasteiger partial charge in [-0.15, -0.1) is 10.2 Å². The van der Waals surface area contributed by atoms with Crippen LogP contribution in [0.25, 0.3) is 0 Å². The molecule has 1 heterocycles. The van der Waals surface area contributed by atoms with Crippen LogP contribution in [0.5, 0.6) is 0 Å². The first-order valence-corrected chi connectivity index (χ1v) is 6.55. The topological polar surface area (TPSA) is 104 Å². The molecule has 1 aliphatic rings. The van der Waals surface area contributed by atoms with Crippen LogP contribution in [0.3, 0.4) is 0 Å². The third-order valence-electron chi connectivity index (χ3n) is 3.01. The van der Waals surface area contributed by atoms with Gasteiger partial charge in [0.15, 0.2) is 0 Å². The van der Waals surface area contributed by atoms with Gasteiger partial charge in [-0.05, 0) is 12.8 Å². The zero-order valence-electron chi connectivity index (χ0n) is 9.68. The van der Waals surface area contributed by atoms with Crippen LogP contribution in [0.15, 0.2) is 5.51 Å². The van der Waals surface area contributed by atoms with Gasteiger partial charge in [-0.1, -0.05) is 24.2 Å². The molecule has 8 heteroatoms. The predicted molar refractivity (Wildman–Crippen MR) is 65.5 cm³/mol. The number of rotatable bonds is 4. The molecule has 0 atom stereocenters. The standard InChI is InChI=1S/C10H14N4O3S/c15-7(16)5-10(3-1-2-4-10)13-8(17)12-9-14-11-6-18-9/h6H,1-5H2,(H,15,16)(H2,12,13,14,17). The van der Waals surface area contributed by atoms with Gasteiger partial charge < -0.3 is 10.4 Å². The van der Waals surface area contributed by atoms with Crippen LogP contribution in [0.2, 0.25) is 0 Å². The lowest BCUT2D eigenvalue weighted by Gasteiger charge is -2.28. The van der Waals surface area contributed by atoms with Crippen LogP contribution in [0, 0.1) is 0 Å². The maximum absolute atomic E-state index is 11.8. The minimum atomic E-state index is -0.895. The molecule has 1 fully saturated rings. The number of amides is 2. The second-order valence-electron chi connectivity index (χ2n) is 4.38. The van der Waals surface area contributed by atoms with Crippen molar-refractivity contribution in [3.63, 3.8) is 0 Å². The largest absolute Gasteiger partial charge is 0.481 e. The van der Waals surface area contributed by atoms with Gasteiger partial charge in [0.25, 0.3) is 0 Å². The van der Waals surface area contributed by atoms with Crippen LogP contribution < -0.4 is 10.6 Å². The number of carboxylic acids is 1. The monoisotopic (exact) mass is 270 g/mol. The van der Waals surface area contributed by atoms with E-state index in [4.69, 9.17) is 5.11 Å². The summed E-state index contributed by atoms with van der Waals surface area (Å²) in [5.74, 6) is -0.895. The average molecular weight is 270 g/mol. The molecule has 1 aromatic heterocycles. The Labute approximate surface area is 108 Å². The van der Waals surface area contributed by atoms with Crippen molar-refractivity contribution >= 4 is 28.5 Å². The van der Waals surface area contributed by atoms with Crippen LogP contribution in [0.1, 0.15) is 32.1 Å². The van der Waals surface area contributed by atoms with Crippen molar-refractivity contribution in [1.29, 1.82) is 0 Å². The van der Waals surface area contributed by atoms with E-state index in [9.17, 15) is 9.59 Å². The third-order valence-corrected chi connectivity index (χ3v) is 3.62. The SMILES string of the molecule is O=C(O)CC1(NC(=O)Nc2nncs2)CCCC1. The molecule has 0 bridgehead atoms. The van der Waals surface area contributed by atoms with Crippen molar-refractivity contribution in [2.75, 3.05) is 5.32 Å². The number of anilines is 1. The molecule has 0 spiro atoms. The predicted octanol–water partition coefficient (Wildman–Crippen LogP) is 1.45. The van der Waals surface area contributed by atoms with E-state index in [0.717, 1.165) is 12.8 Å². The fourth-order valence-electron chi connectivity index (χ4n) is 2.28. The first kappa shape index (κ1) is 12.7. The van der Waals surface area contributed by atoms with Crippen molar-refractivity contribution in [3.8, 4) is 0 Å². The number of aliphatic carboxylic acids is 1. The van der Waals surface area contributed by atoms with E-state index >= 15 is 0 Å². The second kappa shape index (κ2) is 5.30. The van der Waals surface area contributed by atoms with E-state index in [-0.39, 0.29) is 6.42 Å². The van der Waals surface area contributed by atoms with E-state index in [2.05, 4.69) is 20.8 Å². The summed E-state index contributed by atoms with van der Waals surface area (Å²) in [4.78, 5) is 22.6. The molecule has 0 unspecified atom stereocenters. The van der Waals surface area contributed by atoms with E-state index in [1.54, 1.807) is 0 Å². The highest BCUT2D eigenvalue weighted by Gasteiger charge is 2.37. The molecule has 1 aromatic rings. The van der Waals surface area contributed by atoms with E-state index in [1.165, 1.54) is 16.8 Å². The molecule has 0 aliphatic heterocycles. The quantitative estimate of drug-likeness (QED) is 0.768. The summed E-state index contributed by atoms with van der Waals surface area (Å²) in [6.07, 6.45) is 3.22. The molecule has 2 rings (SSSR count). The zero-order chi connectivity index (χ0) is 13.0. The molecule has 7 nitrogen and oxygen atoms in total. The lowest BCUT2D eigenvalue weighted by atomic mass is 9.93. The second-order valence-corrected chi connectivity index (χ2v) is 5.21. The first-order valence-electron chi connectivity index (χ1n) is 5.67. The fourth-order valence-corrected chi connectivity index (χ4v) is 2.72. The summed E-state index contributed by atoms with van der Waals surface area (Å²) in [6, 6.07) is -0.421. The number of aromatic nitrogens is 2. The molecule has 2 amide bonds. The number of carboxylic acid groups (broad SMARTS) is 1. The van der Waals surface area contributed by atoms with Gasteiger partial charge in [-0.3, -0.25) is 10.1 Å². The molecule has 1 saturated carbocycles. The number of hydrogen-bond donors (Lipinski definition) is 3. The lowest BCUT2D eigenvalue weighted by molar-refractivity contribution is -0.138. The van der Waals surface area contributed by atoms with Crippen LogP contribution >= 0.6 is 11.3 Å². The third kappa shape index (κ3) is 3.16. The summed E-state index contributed by atoms with van der Waals surface area (Å²) >= 11 is 1.21. The number of urea groups is 1. The summed E-state index contributed by atoms with van der Waals surface area (Å²) in [7, 11) is 0.